The molecule has 0 aliphatic carbocycles. The highest BCUT2D eigenvalue weighted by molar-refractivity contribution is 5.44. The van der Waals surface area contributed by atoms with Crippen LogP contribution in [-0.2, 0) is 4.74 Å². The van der Waals surface area contributed by atoms with Crippen molar-refractivity contribution in [3.8, 4) is 11.5 Å². The van der Waals surface area contributed by atoms with E-state index in [-0.39, 0.29) is 0 Å². The van der Waals surface area contributed by atoms with Gasteiger partial charge in [-0.25, -0.2) is 0 Å². The van der Waals surface area contributed by atoms with Crippen LogP contribution in [0.4, 0.5) is 0 Å². The number of hydrogen-bond acceptors (Lipinski definition) is 5. The topological polar surface area (TPSA) is 60.0 Å². The van der Waals surface area contributed by atoms with Crippen LogP contribution in [0.25, 0.3) is 0 Å². The summed E-state index contributed by atoms with van der Waals surface area (Å²) >= 11 is 0. The molecule has 2 N–H and O–H groups in total. The minimum atomic E-state index is -0.534. The molecule has 1 aromatic rings. The van der Waals surface area contributed by atoms with Crippen molar-refractivity contribution in [1.29, 1.82) is 0 Å². The number of rotatable bonds is 8. The smallest absolute Gasteiger partial charge is 0.161 e. The van der Waals surface area contributed by atoms with E-state index in [1.807, 2.05) is 18.2 Å². The van der Waals surface area contributed by atoms with Gasteiger partial charge in [-0.2, -0.15) is 0 Å². The summed E-state index contributed by atoms with van der Waals surface area (Å²) in [5, 5.41) is 13.4. The van der Waals surface area contributed by atoms with Crippen molar-refractivity contribution in [3.05, 3.63) is 23.8 Å². The summed E-state index contributed by atoms with van der Waals surface area (Å²) in [5.41, 5.74) is 0.846. The molecule has 1 atom stereocenters. The first-order chi connectivity index (χ1) is 9.81. The van der Waals surface area contributed by atoms with E-state index in [0.29, 0.717) is 25.5 Å². The van der Waals surface area contributed by atoms with Crippen molar-refractivity contribution in [2.75, 3.05) is 40.0 Å². The number of methoxy groups -OCH3 is 1. The fourth-order valence-corrected chi connectivity index (χ4v) is 2.12. The lowest BCUT2D eigenvalue weighted by Gasteiger charge is -2.20. The molecule has 1 aliphatic rings. The Kier molecular flexibility index (Phi) is 6.11. The zero-order chi connectivity index (χ0) is 14.2. The van der Waals surface area contributed by atoms with Crippen LogP contribution in [0, 0.1) is 0 Å². The molecule has 0 fully saturated rings. The maximum atomic E-state index is 10.1. The van der Waals surface area contributed by atoms with Gasteiger partial charge >= 0.3 is 0 Å². The van der Waals surface area contributed by atoms with Gasteiger partial charge in [0.1, 0.15) is 13.2 Å². The predicted molar refractivity (Wildman–Crippen MR) is 76.4 cm³/mol. The van der Waals surface area contributed by atoms with E-state index in [1.54, 1.807) is 7.11 Å². The first kappa shape index (κ1) is 15.1. The number of aliphatic hydroxyl groups excluding tert-OH is 1. The zero-order valence-electron chi connectivity index (χ0n) is 11.9. The summed E-state index contributed by atoms with van der Waals surface area (Å²) < 4.78 is 16.0. The second kappa shape index (κ2) is 8.09. The Bertz CT molecular complexity index is 411. The number of benzene rings is 1. The van der Waals surface area contributed by atoms with E-state index in [1.165, 1.54) is 0 Å². The summed E-state index contributed by atoms with van der Waals surface area (Å²) in [6.45, 7) is 3.34. The van der Waals surface area contributed by atoms with Gasteiger partial charge in [0.2, 0.25) is 0 Å². The van der Waals surface area contributed by atoms with Crippen molar-refractivity contribution in [2.24, 2.45) is 0 Å². The highest BCUT2D eigenvalue weighted by Crippen LogP contribution is 2.32. The molecular weight excluding hydrogens is 258 g/mol. The molecule has 0 aromatic heterocycles. The maximum Gasteiger partial charge on any atom is 0.161 e. The average molecular weight is 281 g/mol. The van der Waals surface area contributed by atoms with Gasteiger partial charge in [-0.3, -0.25) is 0 Å². The van der Waals surface area contributed by atoms with Crippen LogP contribution in [-0.4, -0.2) is 45.1 Å². The number of fused-ring (bicyclic) bond motifs is 1. The second-order valence-corrected chi connectivity index (χ2v) is 4.82. The molecule has 1 aromatic carbocycles. The molecule has 0 saturated heterocycles. The summed E-state index contributed by atoms with van der Waals surface area (Å²) in [6.07, 6.45) is 1.54. The molecule has 0 bridgehead atoms. The van der Waals surface area contributed by atoms with E-state index < -0.39 is 6.10 Å². The first-order valence-electron chi connectivity index (χ1n) is 7.08. The molecule has 1 unspecified atom stereocenters. The largest absolute Gasteiger partial charge is 0.486 e. The monoisotopic (exact) mass is 281 g/mol. The van der Waals surface area contributed by atoms with Gasteiger partial charge in [0.15, 0.2) is 11.5 Å². The molecule has 5 nitrogen and oxygen atoms in total. The predicted octanol–water partition coefficient (Wildman–Crippen LogP) is 1.51. The fraction of sp³-hybridized carbons (Fsp3) is 0.600. The van der Waals surface area contributed by atoms with Crippen molar-refractivity contribution in [2.45, 2.75) is 18.9 Å². The molecule has 1 aliphatic heterocycles. The molecule has 20 heavy (non-hydrogen) atoms. The molecule has 5 heteroatoms. The van der Waals surface area contributed by atoms with Gasteiger partial charge in [-0.15, -0.1) is 0 Å². The Morgan fingerprint density at radius 1 is 1.25 bits per heavy atom. The Hall–Kier alpha value is -1.30. The molecule has 0 radical (unpaired) electrons. The third kappa shape index (κ3) is 4.37. The van der Waals surface area contributed by atoms with Crippen LogP contribution in [0.15, 0.2) is 18.2 Å². The van der Waals surface area contributed by atoms with Crippen LogP contribution in [0.2, 0.25) is 0 Å². The standard InChI is InChI=1S/C15H23NO4/c1-18-7-3-2-6-16-11-13(17)12-4-5-14-15(10-12)20-9-8-19-14/h4-5,10,13,16-17H,2-3,6-9,11H2,1H3. The molecule has 0 spiro atoms. The lowest BCUT2D eigenvalue weighted by molar-refractivity contribution is 0.162. The van der Waals surface area contributed by atoms with Crippen molar-refractivity contribution < 1.29 is 19.3 Å². The summed E-state index contributed by atoms with van der Waals surface area (Å²) in [4.78, 5) is 0. The molecule has 2 rings (SSSR count). The molecule has 0 amide bonds. The van der Waals surface area contributed by atoms with E-state index in [4.69, 9.17) is 14.2 Å². The van der Waals surface area contributed by atoms with Gasteiger partial charge in [-0.05, 0) is 37.1 Å². The van der Waals surface area contributed by atoms with Crippen LogP contribution < -0.4 is 14.8 Å². The Morgan fingerprint density at radius 2 is 2.05 bits per heavy atom. The van der Waals surface area contributed by atoms with Gasteiger partial charge in [-0.1, -0.05) is 6.07 Å². The van der Waals surface area contributed by atoms with Crippen molar-refractivity contribution in [3.63, 3.8) is 0 Å². The Balaban J connectivity index is 1.76. The molecular formula is C15H23NO4. The van der Waals surface area contributed by atoms with Gasteiger partial charge in [0.05, 0.1) is 6.10 Å². The lowest BCUT2D eigenvalue weighted by atomic mass is 10.1. The van der Waals surface area contributed by atoms with E-state index in [0.717, 1.165) is 37.3 Å². The van der Waals surface area contributed by atoms with Gasteiger partial charge in [0.25, 0.3) is 0 Å². The zero-order valence-corrected chi connectivity index (χ0v) is 11.9. The third-order valence-corrected chi connectivity index (χ3v) is 3.24. The highest BCUT2D eigenvalue weighted by Gasteiger charge is 2.15. The Labute approximate surface area is 119 Å². The number of unbranched alkanes of at least 4 members (excludes halogenated alkanes) is 1. The highest BCUT2D eigenvalue weighted by atomic mass is 16.6. The van der Waals surface area contributed by atoms with E-state index in [9.17, 15) is 5.11 Å². The Morgan fingerprint density at radius 3 is 2.85 bits per heavy atom. The fourth-order valence-electron chi connectivity index (χ4n) is 2.12. The minimum Gasteiger partial charge on any atom is -0.486 e. The van der Waals surface area contributed by atoms with Crippen LogP contribution in [0.5, 0.6) is 11.5 Å². The minimum absolute atomic E-state index is 0.534. The van der Waals surface area contributed by atoms with E-state index >= 15 is 0 Å². The van der Waals surface area contributed by atoms with Crippen LogP contribution in [0.3, 0.4) is 0 Å². The third-order valence-electron chi connectivity index (χ3n) is 3.24. The quantitative estimate of drug-likeness (QED) is 0.707. The molecule has 0 saturated carbocycles. The summed E-state index contributed by atoms with van der Waals surface area (Å²) in [6, 6.07) is 5.59. The number of aliphatic hydroxyl groups is 1. The molecule has 112 valence electrons. The molecule has 1 heterocycles. The summed E-state index contributed by atoms with van der Waals surface area (Å²) in [5.74, 6) is 1.47. The van der Waals surface area contributed by atoms with Gasteiger partial charge in [0, 0.05) is 20.3 Å². The second-order valence-electron chi connectivity index (χ2n) is 4.82. The van der Waals surface area contributed by atoms with Gasteiger partial charge < -0.3 is 24.6 Å². The maximum absolute atomic E-state index is 10.1. The number of hydrogen-bond donors (Lipinski definition) is 2. The van der Waals surface area contributed by atoms with Crippen molar-refractivity contribution >= 4 is 0 Å². The van der Waals surface area contributed by atoms with Crippen LogP contribution >= 0.6 is 0 Å². The average Bonchev–Trinajstić information content (AvgIpc) is 2.50. The summed E-state index contributed by atoms with van der Waals surface area (Å²) in [7, 11) is 1.71. The SMILES string of the molecule is COCCCCNCC(O)c1ccc2c(c1)OCCO2. The lowest BCUT2D eigenvalue weighted by Crippen LogP contribution is -2.23. The first-order valence-corrected chi connectivity index (χ1v) is 7.08. The number of ether oxygens (including phenoxy) is 3. The van der Waals surface area contributed by atoms with Crippen molar-refractivity contribution in [1.82, 2.24) is 5.32 Å². The number of nitrogens with one attached hydrogen (secondary N) is 1. The normalized spacial score (nSPS) is 15.1. The van der Waals surface area contributed by atoms with Crippen LogP contribution in [0.1, 0.15) is 24.5 Å². The van der Waals surface area contributed by atoms with E-state index in [2.05, 4.69) is 5.32 Å².